The maximum atomic E-state index is 11.3. The van der Waals surface area contributed by atoms with Crippen LogP contribution in [0.1, 0.15) is 23.3 Å². The summed E-state index contributed by atoms with van der Waals surface area (Å²) in [5, 5.41) is 10.9. The topological polar surface area (TPSA) is 82.6 Å². The second-order valence-corrected chi connectivity index (χ2v) is 5.39. The Labute approximate surface area is 139 Å². The Morgan fingerprint density at radius 3 is 2.71 bits per heavy atom. The molecule has 126 valence electrons. The quantitative estimate of drug-likeness (QED) is 0.816. The zero-order chi connectivity index (χ0) is 16.8. The summed E-state index contributed by atoms with van der Waals surface area (Å²) in [6, 6.07) is 10.8. The van der Waals surface area contributed by atoms with Gasteiger partial charge in [-0.1, -0.05) is 0 Å². The van der Waals surface area contributed by atoms with Crippen LogP contribution in [0.25, 0.3) is 0 Å². The number of hydrogen-bond acceptors (Lipinski definition) is 7. The average molecular weight is 329 g/mol. The Morgan fingerprint density at radius 1 is 1.25 bits per heavy atom. The predicted octanol–water partition coefficient (Wildman–Crippen LogP) is 2.56. The second kappa shape index (κ2) is 7.74. The number of nitrogens with one attached hydrogen (secondary N) is 1. The van der Waals surface area contributed by atoms with Gasteiger partial charge in [0, 0.05) is 12.3 Å². The van der Waals surface area contributed by atoms with E-state index in [1.807, 2.05) is 24.3 Å². The summed E-state index contributed by atoms with van der Waals surface area (Å²) in [7, 11) is 1.30. The molecule has 1 fully saturated rings. The number of rotatable bonds is 6. The van der Waals surface area contributed by atoms with Crippen LogP contribution in [0.4, 0.5) is 11.5 Å². The van der Waals surface area contributed by atoms with Crippen LogP contribution in [-0.2, 0) is 9.47 Å². The summed E-state index contributed by atoms with van der Waals surface area (Å²) in [4.78, 5) is 11.3. The van der Waals surface area contributed by atoms with Crippen molar-refractivity contribution in [3.8, 4) is 5.75 Å². The van der Waals surface area contributed by atoms with Crippen molar-refractivity contribution < 1.29 is 19.0 Å². The molecule has 1 saturated heterocycles. The van der Waals surface area contributed by atoms with Crippen molar-refractivity contribution in [2.45, 2.75) is 18.9 Å². The molecule has 1 atom stereocenters. The zero-order valence-electron chi connectivity index (χ0n) is 13.4. The van der Waals surface area contributed by atoms with E-state index in [2.05, 4.69) is 20.3 Å². The molecule has 0 amide bonds. The van der Waals surface area contributed by atoms with Crippen LogP contribution < -0.4 is 10.1 Å². The van der Waals surface area contributed by atoms with Crippen molar-refractivity contribution in [3.05, 3.63) is 42.1 Å². The van der Waals surface area contributed by atoms with Gasteiger partial charge >= 0.3 is 5.97 Å². The molecule has 2 heterocycles. The van der Waals surface area contributed by atoms with Gasteiger partial charge in [-0.05, 0) is 49.2 Å². The fraction of sp³-hybridized carbons (Fsp3) is 0.353. The normalized spacial score (nSPS) is 16.6. The molecule has 24 heavy (non-hydrogen) atoms. The number of aromatic nitrogens is 2. The van der Waals surface area contributed by atoms with E-state index in [0.717, 1.165) is 30.9 Å². The van der Waals surface area contributed by atoms with Crippen LogP contribution in [-0.4, -0.2) is 42.6 Å². The Balaban J connectivity index is 1.54. The largest absolute Gasteiger partial charge is 0.491 e. The Hall–Kier alpha value is -2.67. The van der Waals surface area contributed by atoms with E-state index in [1.54, 1.807) is 12.1 Å². The van der Waals surface area contributed by atoms with Crippen molar-refractivity contribution in [3.63, 3.8) is 0 Å². The van der Waals surface area contributed by atoms with Gasteiger partial charge in [0.15, 0.2) is 11.5 Å². The molecule has 7 nitrogen and oxygen atoms in total. The monoisotopic (exact) mass is 329 g/mol. The fourth-order valence-corrected chi connectivity index (χ4v) is 2.36. The number of benzene rings is 1. The summed E-state index contributed by atoms with van der Waals surface area (Å²) < 4.78 is 15.8. The summed E-state index contributed by atoms with van der Waals surface area (Å²) in [5.41, 5.74) is 1.01. The van der Waals surface area contributed by atoms with Gasteiger partial charge in [0.05, 0.1) is 13.2 Å². The minimum atomic E-state index is -0.512. The van der Waals surface area contributed by atoms with Crippen molar-refractivity contribution in [2.24, 2.45) is 0 Å². The standard InChI is InChI=1S/C17H19N3O4/c1-22-17(21)15-8-9-16(20-19-15)18-12-4-6-13(7-5-12)24-11-14-3-2-10-23-14/h4-9,14H,2-3,10-11H2,1H3,(H,18,20)/t14-/m1/s1. The molecule has 7 heteroatoms. The van der Waals surface area contributed by atoms with Gasteiger partial charge < -0.3 is 19.5 Å². The Bertz CT molecular complexity index is 667. The van der Waals surface area contributed by atoms with Gasteiger partial charge in [0.1, 0.15) is 12.4 Å². The molecule has 1 aliphatic rings. The minimum Gasteiger partial charge on any atom is -0.491 e. The van der Waals surface area contributed by atoms with Gasteiger partial charge in [0.25, 0.3) is 0 Å². The number of nitrogens with zero attached hydrogens (tertiary/aromatic N) is 2. The number of carbonyl (C=O) groups excluding carboxylic acids is 1. The number of hydrogen-bond donors (Lipinski definition) is 1. The highest BCUT2D eigenvalue weighted by atomic mass is 16.5. The minimum absolute atomic E-state index is 0.168. The first-order valence-corrected chi connectivity index (χ1v) is 7.78. The third kappa shape index (κ3) is 4.20. The van der Waals surface area contributed by atoms with Crippen LogP contribution >= 0.6 is 0 Å². The van der Waals surface area contributed by atoms with Crippen molar-refractivity contribution >= 4 is 17.5 Å². The third-order valence-electron chi connectivity index (χ3n) is 3.65. The molecule has 1 aromatic heterocycles. The molecule has 0 saturated carbocycles. The number of anilines is 2. The van der Waals surface area contributed by atoms with E-state index in [-0.39, 0.29) is 11.8 Å². The fourth-order valence-electron chi connectivity index (χ4n) is 2.36. The van der Waals surface area contributed by atoms with Crippen LogP contribution in [0.5, 0.6) is 5.75 Å². The lowest BCUT2D eigenvalue weighted by atomic mass is 10.2. The molecule has 1 aliphatic heterocycles. The molecular formula is C17H19N3O4. The number of ether oxygens (including phenoxy) is 3. The van der Waals surface area contributed by atoms with Gasteiger partial charge in [-0.25, -0.2) is 4.79 Å². The number of methoxy groups -OCH3 is 1. The summed E-state index contributed by atoms with van der Waals surface area (Å²) in [6.07, 6.45) is 2.36. The van der Waals surface area contributed by atoms with E-state index in [9.17, 15) is 4.79 Å². The first kappa shape index (κ1) is 16.2. The Morgan fingerprint density at radius 2 is 2.08 bits per heavy atom. The summed E-state index contributed by atoms with van der Waals surface area (Å²) in [5.74, 6) is 0.820. The van der Waals surface area contributed by atoms with E-state index < -0.39 is 5.97 Å². The van der Waals surface area contributed by atoms with Crippen molar-refractivity contribution in [1.29, 1.82) is 0 Å². The van der Waals surface area contributed by atoms with Gasteiger partial charge in [0.2, 0.25) is 0 Å². The van der Waals surface area contributed by atoms with Crippen molar-refractivity contribution in [1.82, 2.24) is 10.2 Å². The maximum Gasteiger partial charge on any atom is 0.358 e. The first-order valence-electron chi connectivity index (χ1n) is 7.78. The van der Waals surface area contributed by atoms with E-state index in [1.165, 1.54) is 7.11 Å². The zero-order valence-corrected chi connectivity index (χ0v) is 13.4. The molecule has 0 radical (unpaired) electrons. The predicted molar refractivity (Wildman–Crippen MR) is 87.6 cm³/mol. The van der Waals surface area contributed by atoms with E-state index in [4.69, 9.17) is 9.47 Å². The molecule has 1 N–H and O–H groups in total. The smallest absolute Gasteiger partial charge is 0.358 e. The molecule has 0 unspecified atom stereocenters. The molecule has 3 rings (SSSR count). The van der Waals surface area contributed by atoms with E-state index in [0.29, 0.717) is 12.4 Å². The van der Waals surface area contributed by atoms with Crippen LogP contribution in [0.15, 0.2) is 36.4 Å². The van der Waals surface area contributed by atoms with E-state index >= 15 is 0 Å². The average Bonchev–Trinajstić information content (AvgIpc) is 3.15. The molecule has 2 aromatic rings. The second-order valence-electron chi connectivity index (χ2n) is 5.39. The molecule has 0 bridgehead atoms. The number of carbonyl (C=O) groups is 1. The molecule has 0 spiro atoms. The highest BCUT2D eigenvalue weighted by molar-refractivity contribution is 5.87. The molecular weight excluding hydrogens is 310 g/mol. The Kier molecular flexibility index (Phi) is 5.22. The summed E-state index contributed by atoms with van der Waals surface area (Å²) >= 11 is 0. The van der Waals surface area contributed by atoms with Gasteiger partial charge in [-0.2, -0.15) is 0 Å². The highest BCUT2D eigenvalue weighted by Gasteiger charge is 2.15. The molecule has 0 aliphatic carbocycles. The molecule has 1 aromatic carbocycles. The lowest BCUT2D eigenvalue weighted by Gasteiger charge is -2.12. The van der Waals surface area contributed by atoms with Crippen LogP contribution in [0.3, 0.4) is 0 Å². The summed E-state index contributed by atoms with van der Waals surface area (Å²) in [6.45, 7) is 1.40. The lowest BCUT2D eigenvalue weighted by Crippen LogP contribution is -2.16. The van der Waals surface area contributed by atoms with Crippen LogP contribution in [0, 0.1) is 0 Å². The lowest BCUT2D eigenvalue weighted by molar-refractivity contribution is 0.0592. The van der Waals surface area contributed by atoms with Gasteiger partial charge in [-0.3, -0.25) is 0 Å². The SMILES string of the molecule is COC(=O)c1ccc(Nc2ccc(OC[C@H]3CCCO3)cc2)nn1. The highest BCUT2D eigenvalue weighted by Crippen LogP contribution is 2.20. The first-order chi connectivity index (χ1) is 11.7. The van der Waals surface area contributed by atoms with Gasteiger partial charge in [-0.15, -0.1) is 10.2 Å². The van der Waals surface area contributed by atoms with Crippen molar-refractivity contribution in [2.75, 3.05) is 25.6 Å². The third-order valence-corrected chi connectivity index (χ3v) is 3.65. The number of esters is 1. The maximum absolute atomic E-state index is 11.3. The van der Waals surface area contributed by atoms with Crippen LogP contribution in [0.2, 0.25) is 0 Å².